The molecule has 1 rings (SSSR count). The number of nitrogens with zero attached hydrogens (tertiary/aromatic N) is 2. The van der Waals surface area contributed by atoms with Crippen LogP contribution in [0.1, 0.15) is 5.56 Å². The van der Waals surface area contributed by atoms with Crippen LogP contribution in [0.15, 0.2) is 17.6 Å². The lowest BCUT2D eigenvalue weighted by Crippen LogP contribution is -2.21. The minimum Gasteiger partial charge on any atom is -0.383 e. The summed E-state index contributed by atoms with van der Waals surface area (Å²) in [5, 5.41) is 4.11. The van der Waals surface area contributed by atoms with Crippen molar-refractivity contribution >= 4 is 11.8 Å². The number of nitrogens with one attached hydrogen (secondary N) is 1. The van der Waals surface area contributed by atoms with Crippen molar-refractivity contribution in [1.82, 2.24) is 15.3 Å². The molecule has 1 aromatic rings. The number of hydrogen-bond acceptors (Lipinski definition) is 5. The lowest BCUT2D eigenvalue weighted by atomic mass is 10.4. The second kappa shape index (κ2) is 7.62. The Bertz CT molecular complexity index is 266. The van der Waals surface area contributed by atoms with Gasteiger partial charge in [-0.2, -0.15) is 0 Å². The fourth-order valence-corrected chi connectivity index (χ4v) is 1.65. The van der Waals surface area contributed by atoms with Gasteiger partial charge in [-0.1, -0.05) is 11.8 Å². The minimum atomic E-state index is 0.756. The van der Waals surface area contributed by atoms with Crippen molar-refractivity contribution in [1.29, 1.82) is 0 Å². The Labute approximate surface area is 94.8 Å². The van der Waals surface area contributed by atoms with Gasteiger partial charge in [0.25, 0.3) is 0 Å². The molecular formula is C10H17N3OS. The monoisotopic (exact) mass is 227 g/mol. The van der Waals surface area contributed by atoms with E-state index in [0.717, 1.165) is 36.2 Å². The van der Waals surface area contributed by atoms with Crippen LogP contribution >= 0.6 is 11.8 Å². The third-order valence-electron chi connectivity index (χ3n) is 1.75. The molecule has 0 aromatic carbocycles. The molecule has 0 unspecified atom stereocenters. The molecule has 0 amide bonds. The van der Waals surface area contributed by atoms with E-state index in [1.54, 1.807) is 18.9 Å². The molecular weight excluding hydrogens is 210 g/mol. The van der Waals surface area contributed by atoms with Gasteiger partial charge in [-0.25, -0.2) is 9.97 Å². The first kappa shape index (κ1) is 12.4. The van der Waals surface area contributed by atoms with Crippen molar-refractivity contribution in [3.63, 3.8) is 0 Å². The third kappa shape index (κ3) is 5.71. The number of rotatable bonds is 7. The van der Waals surface area contributed by atoms with Crippen molar-refractivity contribution in [3.05, 3.63) is 18.0 Å². The Morgan fingerprint density at radius 3 is 2.73 bits per heavy atom. The first-order chi connectivity index (χ1) is 7.33. The molecule has 15 heavy (non-hydrogen) atoms. The fourth-order valence-electron chi connectivity index (χ4n) is 0.969. The maximum atomic E-state index is 4.93. The quantitative estimate of drug-likeness (QED) is 0.429. The predicted molar refractivity (Wildman–Crippen MR) is 62.2 cm³/mol. The summed E-state index contributed by atoms with van der Waals surface area (Å²) in [5.41, 5.74) is 1.09. The van der Waals surface area contributed by atoms with Gasteiger partial charge in [0.15, 0.2) is 5.16 Å². The number of thioether (sulfide) groups is 1. The largest absolute Gasteiger partial charge is 0.383 e. The zero-order valence-electron chi connectivity index (χ0n) is 9.19. The topological polar surface area (TPSA) is 47.0 Å². The average Bonchev–Trinajstić information content (AvgIpc) is 2.26. The number of aryl methyl sites for hydroxylation is 1. The Balaban J connectivity index is 2.07. The van der Waals surface area contributed by atoms with Crippen LogP contribution in [0.3, 0.4) is 0 Å². The molecule has 0 atom stereocenters. The summed E-state index contributed by atoms with van der Waals surface area (Å²) in [6.07, 6.45) is 3.68. The molecule has 0 radical (unpaired) electrons. The molecule has 1 aromatic heterocycles. The molecule has 0 aliphatic carbocycles. The van der Waals surface area contributed by atoms with E-state index < -0.39 is 0 Å². The summed E-state index contributed by atoms with van der Waals surface area (Å²) < 4.78 is 4.93. The highest BCUT2D eigenvalue weighted by atomic mass is 32.2. The van der Waals surface area contributed by atoms with Gasteiger partial charge in [0.2, 0.25) is 0 Å². The van der Waals surface area contributed by atoms with E-state index in [2.05, 4.69) is 15.3 Å². The first-order valence-electron chi connectivity index (χ1n) is 4.94. The van der Waals surface area contributed by atoms with Crippen LogP contribution < -0.4 is 5.32 Å². The summed E-state index contributed by atoms with van der Waals surface area (Å²) in [6, 6.07) is 0. The molecule has 5 heteroatoms. The van der Waals surface area contributed by atoms with Gasteiger partial charge >= 0.3 is 0 Å². The lowest BCUT2D eigenvalue weighted by Gasteiger charge is -2.03. The standard InChI is InChI=1S/C10H17N3OS/c1-9-7-12-10(13-8-9)15-6-4-11-3-5-14-2/h7-8,11H,3-6H2,1-2H3. The van der Waals surface area contributed by atoms with Gasteiger partial charge in [0, 0.05) is 38.3 Å². The minimum absolute atomic E-state index is 0.756. The fraction of sp³-hybridized carbons (Fsp3) is 0.600. The van der Waals surface area contributed by atoms with Gasteiger partial charge in [-0.05, 0) is 12.5 Å². The Kier molecular flexibility index (Phi) is 6.31. The van der Waals surface area contributed by atoms with Crippen molar-refractivity contribution in [2.75, 3.05) is 32.6 Å². The van der Waals surface area contributed by atoms with Crippen molar-refractivity contribution in [2.24, 2.45) is 0 Å². The highest BCUT2D eigenvalue weighted by Crippen LogP contribution is 2.10. The van der Waals surface area contributed by atoms with Crippen LogP contribution in [0.2, 0.25) is 0 Å². The van der Waals surface area contributed by atoms with E-state index in [4.69, 9.17) is 4.74 Å². The lowest BCUT2D eigenvalue weighted by molar-refractivity contribution is 0.200. The predicted octanol–water partition coefficient (Wildman–Crippen LogP) is 1.11. The van der Waals surface area contributed by atoms with E-state index in [1.165, 1.54) is 0 Å². The molecule has 0 fully saturated rings. The third-order valence-corrected chi connectivity index (χ3v) is 2.63. The van der Waals surface area contributed by atoms with Gasteiger partial charge in [-0.15, -0.1) is 0 Å². The normalized spacial score (nSPS) is 10.5. The summed E-state index contributed by atoms with van der Waals surface area (Å²) in [4.78, 5) is 8.42. The molecule has 0 spiro atoms. The van der Waals surface area contributed by atoms with Crippen LogP contribution in [0.25, 0.3) is 0 Å². The first-order valence-corrected chi connectivity index (χ1v) is 5.92. The van der Waals surface area contributed by atoms with Crippen molar-refractivity contribution in [3.8, 4) is 0 Å². The summed E-state index contributed by atoms with van der Waals surface area (Å²) >= 11 is 1.66. The van der Waals surface area contributed by atoms with Gasteiger partial charge in [-0.3, -0.25) is 0 Å². The van der Waals surface area contributed by atoms with Gasteiger partial charge < -0.3 is 10.1 Å². The zero-order chi connectivity index (χ0) is 10.9. The number of aromatic nitrogens is 2. The Hall–Kier alpha value is -0.650. The molecule has 0 aliphatic heterocycles. The molecule has 0 aliphatic rings. The summed E-state index contributed by atoms with van der Waals surface area (Å²) in [6.45, 7) is 4.59. The zero-order valence-corrected chi connectivity index (χ0v) is 10.0. The van der Waals surface area contributed by atoms with E-state index in [0.29, 0.717) is 0 Å². The smallest absolute Gasteiger partial charge is 0.187 e. The van der Waals surface area contributed by atoms with Gasteiger partial charge in [0.1, 0.15) is 0 Å². The molecule has 0 bridgehead atoms. The van der Waals surface area contributed by atoms with Gasteiger partial charge in [0.05, 0.1) is 6.61 Å². The molecule has 4 nitrogen and oxygen atoms in total. The van der Waals surface area contributed by atoms with Crippen LogP contribution in [0.4, 0.5) is 0 Å². The van der Waals surface area contributed by atoms with Crippen LogP contribution in [-0.4, -0.2) is 42.5 Å². The average molecular weight is 227 g/mol. The highest BCUT2D eigenvalue weighted by Gasteiger charge is 1.96. The van der Waals surface area contributed by atoms with Crippen LogP contribution in [0, 0.1) is 6.92 Å². The molecule has 1 N–H and O–H groups in total. The Morgan fingerprint density at radius 1 is 1.33 bits per heavy atom. The van der Waals surface area contributed by atoms with Crippen LogP contribution in [0.5, 0.6) is 0 Å². The number of ether oxygens (including phenoxy) is 1. The summed E-state index contributed by atoms with van der Waals surface area (Å²) in [7, 11) is 1.70. The maximum absolute atomic E-state index is 4.93. The van der Waals surface area contributed by atoms with Crippen LogP contribution in [-0.2, 0) is 4.74 Å². The Morgan fingerprint density at radius 2 is 2.07 bits per heavy atom. The maximum Gasteiger partial charge on any atom is 0.187 e. The molecule has 0 saturated carbocycles. The second-order valence-corrected chi connectivity index (χ2v) is 4.20. The van der Waals surface area contributed by atoms with E-state index in [9.17, 15) is 0 Å². The highest BCUT2D eigenvalue weighted by molar-refractivity contribution is 7.99. The van der Waals surface area contributed by atoms with E-state index >= 15 is 0 Å². The SMILES string of the molecule is COCCNCCSc1ncc(C)cn1. The molecule has 0 saturated heterocycles. The van der Waals surface area contributed by atoms with E-state index in [-0.39, 0.29) is 0 Å². The molecule has 1 heterocycles. The molecule has 84 valence electrons. The van der Waals surface area contributed by atoms with Crippen molar-refractivity contribution < 1.29 is 4.74 Å². The van der Waals surface area contributed by atoms with E-state index in [1.807, 2.05) is 19.3 Å². The number of hydrogen-bond donors (Lipinski definition) is 1. The van der Waals surface area contributed by atoms with Crippen molar-refractivity contribution in [2.45, 2.75) is 12.1 Å². The second-order valence-electron chi connectivity index (χ2n) is 3.13. The summed E-state index contributed by atoms with van der Waals surface area (Å²) in [5.74, 6) is 0.979. The number of methoxy groups -OCH3 is 1.